The first-order valence-corrected chi connectivity index (χ1v) is 8.84. The summed E-state index contributed by atoms with van der Waals surface area (Å²) in [4.78, 5) is 10.2. The zero-order valence-corrected chi connectivity index (χ0v) is 13.5. The third-order valence-corrected chi connectivity index (χ3v) is 4.91. The molecule has 0 spiro atoms. The van der Waals surface area contributed by atoms with Gasteiger partial charge in [0.15, 0.2) is 0 Å². The summed E-state index contributed by atoms with van der Waals surface area (Å²) in [5, 5.41) is 6.26. The number of unbranched alkanes of at least 4 members (excludes halogenated alkanes) is 1. The van der Waals surface area contributed by atoms with Gasteiger partial charge in [-0.05, 0) is 35.7 Å². The van der Waals surface area contributed by atoms with Crippen molar-refractivity contribution >= 4 is 28.6 Å². The Morgan fingerprint density at radius 1 is 1.14 bits per heavy atom. The Kier molecular flexibility index (Phi) is 4.31. The van der Waals surface area contributed by atoms with Gasteiger partial charge in [0.1, 0.15) is 0 Å². The highest BCUT2D eigenvalue weighted by Gasteiger charge is 2.17. The second-order valence-corrected chi connectivity index (χ2v) is 6.58. The van der Waals surface area contributed by atoms with E-state index in [1.807, 2.05) is 6.07 Å². The highest BCUT2D eigenvalue weighted by atomic mass is 32.1. The number of nitrogens with zero attached hydrogens (tertiary/aromatic N) is 2. The topological polar surface area (TPSA) is 51.8 Å². The molecule has 0 saturated heterocycles. The molecule has 0 amide bonds. The Bertz CT molecular complexity index is 648. The number of nitrogens with two attached hydrogens (primary N) is 1. The van der Waals surface area contributed by atoms with Crippen LogP contribution in [0.4, 0.5) is 5.95 Å². The van der Waals surface area contributed by atoms with Crippen LogP contribution in [0.1, 0.15) is 25.3 Å². The maximum absolute atomic E-state index is 5.95. The van der Waals surface area contributed by atoms with Crippen molar-refractivity contribution in [3.63, 3.8) is 0 Å². The molecule has 108 valence electrons. The van der Waals surface area contributed by atoms with Gasteiger partial charge in [-0.3, -0.25) is 0 Å². The minimum absolute atomic E-state index is 0.347. The molecule has 0 radical (unpaired) electrons. The van der Waals surface area contributed by atoms with E-state index in [0.29, 0.717) is 5.95 Å². The van der Waals surface area contributed by atoms with Crippen LogP contribution in [0.5, 0.6) is 0 Å². The van der Waals surface area contributed by atoms with Crippen molar-refractivity contribution in [3.05, 3.63) is 39.9 Å². The highest BCUT2D eigenvalue weighted by Crippen LogP contribution is 2.34. The van der Waals surface area contributed by atoms with Crippen molar-refractivity contribution in [3.8, 4) is 21.8 Å². The Labute approximate surface area is 132 Å². The summed E-state index contributed by atoms with van der Waals surface area (Å²) in [5.41, 5.74) is 10.3. The first-order valence-electron chi connectivity index (χ1n) is 7.02. The maximum Gasteiger partial charge on any atom is 0.221 e. The van der Waals surface area contributed by atoms with E-state index in [9.17, 15) is 0 Å². The van der Waals surface area contributed by atoms with Gasteiger partial charge in [0.2, 0.25) is 5.95 Å². The van der Waals surface area contributed by atoms with Gasteiger partial charge in [0, 0.05) is 16.5 Å². The fourth-order valence-electron chi connectivity index (χ4n) is 2.35. The van der Waals surface area contributed by atoms with E-state index < -0.39 is 0 Å². The Hall–Kier alpha value is -1.72. The summed E-state index contributed by atoms with van der Waals surface area (Å²) >= 11 is 3.37. The fraction of sp³-hybridized carbons (Fsp3) is 0.250. The fourth-order valence-corrected chi connectivity index (χ4v) is 3.73. The van der Waals surface area contributed by atoms with Crippen LogP contribution >= 0.6 is 22.7 Å². The minimum Gasteiger partial charge on any atom is -0.368 e. The summed E-state index contributed by atoms with van der Waals surface area (Å²) in [6, 6.07) is 6.24. The molecule has 0 fully saturated rings. The van der Waals surface area contributed by atoms with E-state index in [-0.39, 0.29) is 0 Å². The van der Waals surface area contributed by atoms with Crippen molar-refractivity contribution < 1.29 is 0 Å². The van der Waals surface area contributed by atoms with Crippen LogP contribution in [0.25, 0.3) is 21.8 Å². The molecule has 2 N–H and O–H groups in total. The van der Waals surface area contributed by atoms with Crippen molar-refractivity contribution in [2.75, 3.05) is 5.73 Å². The van der Waals surface area contributed by atoms with E-state index in [0.717, 1.165) is 41.1 Å². The lowest BCUT2D eigenvalue weighted by molar-refractivity contribution is 0.792. The van der Waals surface area contributed by atoms with Gasteiger partial charge in [0.05, 0.1) is 16.3 Å². The van der Waals surface area contributed by atoms with Crippen LogP contribution in [0, 0.1) is 0 Å². The first-order chi connectivity index (χ1) is 10.3. The van der Waals surface area contributed by atoms with Crippen molar-refractivity contribution in [2.24, 2.45) is 0 Å². The number of rotatable bonds is 5. The summed E-state index contributed by atoms with van der Waals surface area (Å²) in [6.45, 7) is 2.20. The van der Waals surface area contributed by atoms with E-state index >= 15 is 0 Å². The molecule has 0 aliphatic carbocycles. The molecule has 0 aliphatic rings. The number of thiophene rings is 2. The van der Waals surface area contributed by atoms with Crippen LogP contribution in [-0.4, -0.2) is 9.97 Å². The molecule has 3 heterocycles. The quantitative estimate of drug-likeness (QED) is 0.731. The molecule has 21 heavy (non-hydrogen) atoms. The molecule has 3 rings (SSSR count). The average molecular weight is 315 g/mol. The number of anilines is 1. The molecule has 0 saturated carbocycles. The standard InChI is InChI=1S/C16H17N3S2/c1-2-3-5-12-14(11-7-9-20-10-11)18-16(17)19-15(12)13-6-4-8-21-13/h4,6-10H,2-3,5H2,1H3,(H2,17,18,19). The third-order valence-electron chi connectivity index (χ3n) is 3.35. The second-order valence-electron chi connectivity index (χ2n) is 4.85. The number of aromatic nitrogens is 2. The van der Waals surface area contributed by atoms with Gasteiger partial charge in [-0.15, -0.1) is 11.3 Å². The van der Waals surface area contributed by atoms with Crippen LogP contribution in [0.2, 0.25) is 0 Å². The minimum atomic E-state index is 0.347. The smallest absolute Gasteiger partial charge is 0.221 e. The Balaban J connectivity index is 2.18. The molecule has 0 atom stereocenters. The summed E-state index contributed by atoms with van der Waals surface area (Å²) in [7, 11) is 0. The van der Waals surface area contributed by atoms with Gasteiger partial charge >= 0.3 is 0 Å². The molecule has 3 aromatic heterocycles. The zero-order valence-electron chi connectivity index (χ0n) is 11.9. The lowest BCUT2D eigenvalue weighted by Crippen LogP contribution is -2.04. The first kappa shape index (κ1) is 14.2. The molecule has 0 unspecified atom stereocenters. The predicted octanol–water partition coefficient (Wildman–Crippen LogP) is 4.86. The van der Waals surface area contributed by atoms with Crippen molar-refractivity contribution in [2.45, 2.75) is 26.2 Å². The largest absolute Gasteiger partial charge is 0.368 e. The molecule has 0 aliphatic heterocycles. The number of nitrogen functional groups attached to an aromatic ring is 1. The highest BCUT2D eigenvalue weighted by molar-refractivity contribution is 7.13. The van der Waals surface area contributed by atoms with Crippen LogP contribution in [0.15, 0.2) is 34.3 Å². The summed E-state index contributed by atoms with van der Waals surface area (Å²) in [5.74, 6) is 0.347. The zero-order chi connectivity index (χ0) is 14.7. The van der Waals surface area contributed by atoms with Crippen molar-refractivity contribution in [1.29, 1.82) is 0 Å². The molecule has 0 bridgehead atoms. The maximum atomic E-state index is 5.95. The predicted molar refractivity (Wildman–Crippen MR) is 91.7 cm³/mol. The van der Waals surface area contributed by atoms with E-state index in [1.54, 1.807) is 22.7 Å². The molecule has 3 nitrogen and oxygen atoms in total. The Morgan fingerprint density at radius 2 is 2.00 bits per heavy atom. The van der Waals surface area contributed by atoms with Crippen LogP contribution < -0.4 is 5.73 Å². The number of hydrogen-bond donors (Lipinski definition) is 1. The monoisotopic (exact) mass is 315 g/mol. The van der Waals surface area contributed by atoms with Gasteiger partial charge < -0.3 is 5.73 Å². The molecule has 0 aromatic carbocycles. The Morgan fingerprint density at radius 3 is 2.67 bits per heavy atom. The van der Waals surface area contributed by atoms with Gasteiger partial charge in [-0.1, -0.05) is 19.4 Å². The second kappa shape index (κ2) is 6.37. The third kappa shape index (κ3) is 2.99. The number of hydrogen-bond acceptors (Lipinski definition) is 5. The van der Waals surface area contributed by atoms with E-state index in [1.165, 1.54) is 5.56 Å². The summed E-state index contributed by atoms with van der Waals surface area (Å²) in [6.07, 6.45) is 3.26. The van der Waals surface area contributed by atoms with E-state index in [2.05, 4.69) is 45.2 Å². The molecular weight excluding hydrogens is 298 g/mol. The summed E-state index contributed by atoms with van der Waals surface area (Å²) < 4.78 is 0. The normalized spacial score (nSPS) is 10.9. The van der Waals surface area contributed by atoms with Gasteiger partial charge in [-0.2, -0.15) is 11.3 Å². The van der Waals surface area contributed by atoms with E-state index in [4.69, 9.17) is 5.73 Å². The van der Waals surface area contributed by atoms with Gasteiger partial charge in [0.25, 0.3) is 0 Å². The molecular formula is C16H17N3S2. The lowest BCUT2D eigenvalue weighted by Gasteiger charge is -2.12. The lowest BCUT2D eigenvalue weighted by atomic mass is 10.0. The van der Waals surface area contributed by atoms with Crippen LogP contribution in [-0.2, 0) is 6.42 Å². The average Bonchev–Trinajstić information content (AvgIpc) is 3.18. The SMILES string of the molecule is CCCCc1c(-c2ccsc2)nc(N)nc1-c1cccs1. The van der Waals surface area contributed by atoms with Crippen molar-refractivity contribution in [1.82, 2.24) is 9.97 Å². The molecule has 5 heteroatoms. The molecule has 3 aromatic rings. The van der Waals surface area contributed by atoms with Gasteiger partial charge in [-0.25, -0.2) is 9.97 Å². The van der Waals surface area contributed by atoms with Crippen LogP contribution in [0.3, 0.4) is 0 Å².